The van der Waals surface area contributed by atoms with Crippen LogP contribution in [0.4, 0.5) is 0 Å². The van der Waals surface area contributed by atoms with Gasteiger partial charge in [0, 0.05) is 44.7 Å². The molecule has 1 aliphatic heterocycles. The molecule has 31 heavy (non-hydrogen) atoms. The third-order valence-corrected chi connectivity index (χ3v) is 7.85. The Kier molecular flexibility index (Phi) is 7.94. The summed E-state index contributed by atoms with van der Waals surface area (Å²) in [6.45, 7) is 1.30. The molecule has 1 fully saturated rings. The summed E-state index contributed by atoms with van der Waals surface area (Å²) in [6.07, 6.45) is 0.781. The number of halogens is 2. The lowest BCUT2D eigenvalue weighted by Crippen LogP contribution is -2.50. The highest BCUT2D eigenvalue weighted by Gasteiger charge is 2.32. The zero-order valence-electron chi connectivity index (χ0n) is 16.8. The van der Waals surface area contributed by atoms with Crippen LogP contribution in [0.15, 0.2) is 53.4 Å². The Morgan fingerprint density at radius 1 is 0.903 bits per heavy atom. The normalized spacial score (nSPS) is 15.0. The molecule has 0 aromatic heterocycles. The minimum Gasteiger partial charge on any atom is -0.352 e. The number of hydrogen-bond acceptors (Lipinski definition) is 4. The molecule has 1 heterocycles. The van der Waals surface area contributed by atoms with E-state index in [2.05, 4.69) is 5.32 Å². The lowest BCUT2D eigenvalue weighted by atomic mass is 10.2. The lowest BCUT2D eigenvalue weighted by Gasteiger charge is -2.34. The van der Waals surface area contributed by atoms with Crippen molar-refractivity contribution in [2.75, 3.05) is 32.7 Å². The molecule has 166 valence electrons. The Labute approximate surface area is 192 Å². The van der Waals surface area contributed by atoms with Gasteiger partial charge in [0.2, 0.25) is 15.9 Å². The number of hydrogen-bond donors (Lipinski definition) is 1. The molecule has 0 spiro atoms. The molecule has 2 amide bonds. The third-order valence-electron chi connectivity index (χ3n) is 5.00. The predicted molar refractivity (Wildman–Crippen MR) is 120 cm³/mol. The maximum absolute atomic E-state index is 12.9. The van der Waals surface area contributed by atoms with Crippen LogP contribution in [-0.4, -0.2) is 62.2 Å². The summed E-state index contributed by atoms with van der Waals surface area (Å²) < 4.78 is 27.1. The standard InChI is InChI=1S/C21H23Cl2N3O4S/c22-17-8-4-9-18(23)20(17)31(29,30)26-14-12-25(13-15-26)19(27)10-5-11-24-21(28)16-6-2-1-3-7-16/h1-4,6-9H,5,10-15H2,(H,24,28). The van der Waals surface area contributed by atoms with Gasteiger partial charge in [0.05, 0.1) is 10.0 Å². The van der Waals surface area contributed by atoms with Crippen LogP contribution in [0.1, 0.15) is 23.2 Å². The van der Waals surface area contributed by atoms with Gasteiger partial charge in [-0.15, -0.1) is 0 Å². The third kappa shape index (κ3) is 5.77. The molecule has 0 radical (unpaired) electrons. The van der Waals surface area contributed by atoms with E-state index >= 15 is 0 Å². The van der Waals surface area contributed by atoms with Crippen molar-refractivity contribution >= 4 is 45.0 Å². The van der Waals surface area contributed by atoms with E-state index in [-0.39, 0.29) is 59.4 Å². The maximum Gasteiger partial charge on any atom is 0.251 e. The number of nitrogens with zero attached hydrogens (tertiary/aromatic N) is 2. The molecule has 1 aliphatic rings. The van der Waals surface area contributed by atoms with Crippen LogP contribution in [0.3, 0.4) is 0 Å². The smallest absolute Gasteiger partial charge is 0.251 e. The molecule has 2 aromatic carbocycles. The van der Waals surface area contributed by atoms with E-state index in [0.29, 0.717) is 18.5 Å². The van der Waals surface area contributed by atoms with Crippen LogP contribution in [0.5, 0.6) is 0 Å². The predicted octanol–water partition coefficient (Wildman–Crippen LogP) is 3.04. The SMILES string of the molecule is O=C(NCCCC(=O)N1CCN(S(=O)(=O)c2c(Cl)cccc2Cl)CC1)c1ccccc1. The maximum atomic E-state index is 12.9. The molecule has 3 rings (SSSR count). The van der Waals surface area contributed by atoms with E-state index in [0.717, 1.165) is 0 Å². The monoisotopic (exact) mass is 483 g/mol. The molecule has 7 nitrogen and oxygen atoms in total. The second-order valence-electron chi connectivity index (χ2n) is 7.06. The molecule has 0 unspecified atom stereocenters. The molecular weight excluding hydrogens is 461 g/mol. The highest BCUT2D eigenvalue weighted by molar-refractivity contribution is 7.89. The van der Waals surface area contributed by atoms with E-state index in [1.54, 1.807) is 35.2 Å². The van der Waals surface area contributed by atoms with Gasteiger partial charge in [0.1, 0.15) is 4.90 Å². The van der Waals surface area contributed by atoms with Crippen molar-refractivity contribution in [2.45, 2.75) is 17.7 Å². The number of piperazine rings is 1. The Hall–Kier alpha value is -2.13. The molecule has 0 saturated carbocycles. The topological polar surface area (TPSA) is 86.8 Å². The highest BCUT2D eigenvalue weighted by Crippen LogP contribution is 2.31. The molecule has 1 N–H and O–H groups in total. The fourth-order valence-electron chi connectivity index (χ4n) is 3.33. The first kappa shape index (κ1) is 23.5. The number of nitrogens with one attached hydrogen (secondary N) is 1. The van der Waals surface area contributed by atoms with Gasteiger partial charge in [-0.1, -0.05) is 47.5 Å². The number of carbonyl (C=O) groups is 2. The Balaban J connectivity index is 1.46. The number of rotatable bonds is 7. The average molecular weight is 484 g/mol. The molecule has 10 heteroatoms. The molecule has 0 bridgehead atoms. The van der Waals surface area contributed by atoms with Crippen molar-refractivity contribution < 1.29 is 18.0 Å². The fraction of sp³-hybridized carbons (Fsp3) is 0.333. The molecule has 1 saturated heterocycles. The van der Waals surface area contributed by atoms with E-state index in [1.807, 2.05) is 6.07 Å². The molecule has 0 aliphatic carbocycles. The second kappa shape index (κ2) is 10.5. The van der Waals surface area contributed by atoms with Crippen molar-refractivity contribution in [1.82, 2.24) is 14.5 Å². The van der Waals surface area contributed by atoms with E-state index < -0.39 is 10.0 Å². The minimum atomic E-state index is -3.85. The zero-order valence-corrected chi connectivity index (χ0v) is 19.1. The molecular formula is C21H23Cl2N3O4S. The van der Waals surface area contributed by atoms with Crippen molar-refractivity contribution in [3.63, 3.8) is 0 Å². The fourth-order valence-corrected chi connectivity index (χ4v) is 5.84. The first-order valence-corrected chi connectivity index (χ1v) is 12.1. The van der Waals surface area contributed by atoms with Crippen LogP contribution in [0.25, 0.3) is 0 Å². The van der Waals surface area contributed by atoms with Gasteiger partial charge in [-0.3, -0.25) is 9.59 Å². The molecule has 0 atom stereocenters. The van der Waals surface area contributed by atoms with Gasteiger partial charge in [0.25, 0.3) is 5.91 Å². The van der Waals surface area contributed by atoms with Gasteiger partial charge in [-0.2, -0.15) is 4.31 Å². The average Bonchev–Trinajstić information content (AvgIpc) is 2.77. The first-order valence-electron chi connectivity index (χ1n) is 9.86. The summed E-state index contributed by atoms with van der Waals surface area (Å²) in [7, 11) is -3.85. The van der Waals surface area contributed by atoms with Crippen molar-refractivity contribution in [3.8, 4) is 0 Å². The van der Waals surface area contributed by atoms with Gasteiger partial charge in [-0.05, 0) is 30.7 Å². The van der Waals surface area contributed by atoms with Crippen LogP contribution in [0, 0.1) is 0 Å². The molecule has 2 aromatic rings. The minimum absolute atomic E-state index is 0.0678. The van der Waals surface area contributed by atoms with Gasteiger partial charge in [0.15, 0.2) is 0 Å². The summed E-state index contributed by atoms with van der Waals surface area (Å²) in [4.78, 5) is 26.0. The Bertz CT molecular complexity index is 1020. The van der Waals surface area contributed by atoms with Crippen LogP contribution in [-0.2, 0) is 14.8 Å². The number of benzene rings is 2. The second-order valence-corrected chi connectivity index (χ2v) is 9.75. The van der Waals surface area contributed by atoms with Crippen LogP contribution >= 0.6 is 23.2 Å². The van der Waals surface area contributed by atoms with Gasteiger partial charge in [-0.25, -0.2) is 8.42 Å². The highest BCUT2D eigenvalue weighted by atomic mass is 35.5. The summed E-state index contributed by atoms with van der Waals surface area (Å²) in [5, 5.41) is 2.94. The largest absolute Gasteiger partial charge is 0.352 e. The summed E-state index contributed by atoms with van der Waals surface area (Å²) in [5.74, 6) is -0.244. The van der Waals surface area contributed by atoms with Crippen molar-refractivity contribution in [1.29, 1.82) is 0 Å². The Morgan fingerprint density at radius 3 is 2.13 bits per heavy atom. The summed E-state index contributed by atoms with van der Waals surface area (Å²) in [6, 6.07) is 13.4. The number of carbonyl (C=O) groups excluding carboxylic acids is 2. The van der Waals surface area contributed by atoms with Crippen LogP contribution < -0.4 is 5.32 Å². The van der Waals surface area contributed by atoms with Crippen molar-refractivity contribution in [2.24, 2.45) is 0 Å². The van der Waals surface area contributed by atoms with E-state index in [1.165, 1.54) is 16.4 Å². The summed E-state index contributed by atoms with van der Waals surface area (Å²) >= 11 is 12.1. The van der Waals surface area contributed by atoms with E-state index in [9.17, 15) is 18.0 Å². The van der Waals surface area contributed by atoms with E-state index in [4.69, 9.17) is 23.2 Å². The van der Waals surface area contributed by atoms with Gasteiger partial charge >= 0.3 is 0 Å². The Morgan fingerprint density at radius 2 is 1.52 bits per heavy atom. The zero-order chi connectivity index (χ0) is 22.4. The van der Waals surface area contributed by atoms with Crippen molar-refractivity contribution in [3.05, 3.63) is 64.1 Å². The quantitative estimate of drug-likeness (QED) is 0.613. The number of amides is 2. The van der Waals surface area contributed by atoms with Gasteiger partial charge < -0.3 is 10.2 Å². The lowest BCUT2D eigenvalue weighted by molar-refractivity contribution is -0.132. The first-order chi connectivity index (χ1) is 14.8. The van der Waals surface area contributed by atoms with Crippen LogP contribution in [0.2, 0.25) is 10.0 Å². The number of sulfonamides is 1. The summed E-state index contributed by atoms with van der Waals surface area (Å²) in [5.41, 5.74) is 0.574.